The first-order chi connectivity index (χ1) is 9.46. The molecule has 5 nitrogen and oxygen atoms in total. The first-order valence-corrected chi connectivity index (χ1v) is 6.42. The highest BCUT2D eigenvalue weighted by molar-refractivity contribution is 5.94. The van der Waals surface area contributed by atoms with Crippen molar-refractivity contribution in [2.45, 2.75) is 25.0 Å². The van der Waals surface area contributed by atoms with E-state index in [0.29, 0.717) is 18.8 Å². The van der Waals surface area contributed by atoms with Crippen LogP contribution in [0.5, 0.6) is 5.75 Å². The Hall–Kier alpha value is -1.66. The van der Waals surface area contributed by atoms with E-state index in [0.717, 1.165) is 6.07 Å². The lowest BCUT2D eigenvalue weighted by Crippen LogP contribution is -2.47. The standard InChI is InChI=1S/C14H18FNO4/c1-9-14(18,5-6-20-9)8-16-13(17)11-4-3-10(19-2)7-12(11)15/h3-4,7,9,18H,5-6,8H2,1-2H3,(H,16,17). The zero-order chi connectivity index (χ0) is 14.8. The Kier molecular flexibility index (Phi) is 4.25. The number of halogens is 1. The number of carbonyl (C=O) groups is 1. The van der Waals surface area contributed by atoms with E-state index in [1.54, 1.807) is 6.92 Å². The van der Waals surface area contributed by atoms with Gasteiger partial charge in [-0.2, -0.15) is 0 Å². The van der Waals surface area contributed by atoms with Crippen LogP contribution in [0.4, 0.5) is 4.39 Å². The number of hydrogen-bond donors (Lipinski definition) is 2. The van der Waals surface area contributed by atoms with Gasteiger partial charge in [-0.05, 0) is 19.1 Å². The zero-order valence-corrected chi connectivity index (χ0v) is 11.5. The van der Waals surface area contributed by atoms with Crippen LogP contribution < -0.4 is 10.1 Å². The second-order valence-corrected chi connectivity index (χ2v) is 4.90. The number of aliphatic hydroxyl groups is 1. The van der Waals surface area contributed by atoms with Crippen LogP contribution in [-0.2, 0) is 4.74 Å². The Balaban J connectivity index is 2.02. The second-order valence-electron chi connectivity index (χ2n) is 4.90. The quantitative estimate of drug-likeness (QED) is 0.868. The van der Waals surface area contributed by atoms with Crippen molar-refractivity contribution >= 4 is 5.91 Å². The SMILES string of the molecule is COc1ccc(C(=O)NCC2(O)CCOC2C)c(F)c1. The monoisotopic (exact) mass is 283 g/mol. The van der Waals surface area contributed by atoms with E-state index in [9.17, 15) is 14.3 Å². The lowest BCUT2D eigenvalue weighted by Gasteiger charge is -2.26. The Labute approximate surface area is 116 Å². The van der Waals surface area contributed by atoms with Crippen molar-refractivity contribution in [1.82, 2.24) is 5.32 Å². The minimum atomic E-state index is -1.10. The summed E-state index contributed by atoms with van der Waals surface area (Å²) in [6, 6.07) is 4.00. The predicted molar refractivity (Wildman–Crippen MR) is 70.3 cm³/mol. The van der Waals surface area contributed by atoms with Crippen molar-refractivity contribution in [2.75, 3.05) is 20.3 Å². The predicted octanol–water partition coefficient (Wildman–Crippen LogP) is 1.10. The highest BCUT2D eigenvalue weighted by Gasteiger charge is 2.39. The number of ether oxygens (including phenoxy) is 2. The van der Waals surface area contributed by atoms with Gasteiger partial charge in [0.1, 0.15) is 17.2 Å². The molecule has 1 heterocycles. The molecule has 1 aromatic rings. The van der Waals surface area contributed by atoms with Gasteiger partial charge in [-0.15, -0.1) is 0 Å². The Morgan fingerprint density at radius 3 is 2.95 bits per heavy atom. The number of nitrogens with one attached hydrogen (secondary N) is 1. The van der Waals surface area contributed by atoms with Crippen LogP contribution in [-0.4, -0.2) is 43.0 Å². The third-order valence-corrected chi connectivity index (χ3v) is 3.64. The number of hydrogen-bond acceptors (Lipinski definition) is 4. The van der Waals surface area contributed by atoms with E-state index >= 15 is 0 Å². The van der Waals surface area contributed by atoms with E-state index in [2.05, 4.69) is 5.32 Å². The molecule has 6 heteroatoms. The molecule has 0 aliphatic carbocycles. The largest absolute Gasteiger partial charge is 0.497 e. The average Bonchev–Trinajstić information content (AvgIpc) is 2.76. The molecule has 1 aliphatic heterocycles. The molecule has 20 heavy (non-hydrogen) atoms. The van der Waals surface area contributed by atoms with Crippen molar-refractivity contribution < 1.29 is 23.8 Å². The molecule has 0 saturated carbocycles. The Morgan fingerprint density at radius 2 is 2.40 bits per heavy atom. The summed E-state index contributed by atoms with van der Waals surface area (Å²) < 4.78 is 23.9. The van der Waals surface area contributed by atoms with Gasteiger partial charge in [0.25, 0.3) is 5.91 Å². The lowest BCUT2D eigenvalue weighted by atomic mass is 9.96. The molecule has 2 unspecified atom stereocenters. The van der Waals surface area contributed by atoms with Gasteiger partial charge in [0.2, 0.25) is 0 Å². The van der Waals surface area contributed by atoms with E-state index in [4.69, 9.17) is 9.47 Å². The highest BCUT2D eigenvalue weighted by atomic mass is 19.1. The van der Waals surface area contributed by atoms with Crippen LogP contribution in [0.2, 0.25) is 0 Å². The molecule has 2 atom stereocenters. The van der Waals surface area contributed by atoms with E-state index in [1.807, 2.05) is 0 Å². The van der Waals surface area contributed by atoms with Gasteiger partial charge in [0.15, 0.2) is 0 Å². The first-order valence-electron chi connectivity index (χ1n) is 6.42. The maximum absolute atomic E-state index is 13.7. The smallest absolute Gasteiger partial charge is 0.254 e. The van der Waals surface area contributed by atoms with Gasteiger partial charge in [-0.25, -0.2) is 4.39 Å². The molecule has 0 aromatic heterocycles. The topological polar surface area (TPSA) is 67.8 Å². The van der Waals surface area contributed by atoms with E-state index < -0.39 is 17.3 Å². The molecule has 0 spiro atoms. The summed E-state index contributed by atoms with van der Waals surface area (Å²) in [5, 5.41) is 12.8. The molecule has 2 N–H and O–H groups in total. The zero-order valence-electron chi connectivity index (χ0n) is 11.5. The molecule has 1 aliphatic rings. The molecular formula is C14H18FNO4. The molecule has 0 bridgehead atoms. The summed E-state index contributed by atoms with van der Waals surface area (Å²) in [5.41, 5.74) is -1.18. The fourth-order valence-corrected chi connectivity index (χ4v) is 2.14. The summed E-state index contributed by atoms with van der Waals surface area (Å²) in [6.07, 6.45) is 0.0861. The molecule has 2 rings (SSSR count). The number of rotatable bonds is 4. The fraction of sp³-hybridized carbons (Fsp3) is 0.500. The molecule has 0 radical (unpaired) electrons. The third kappa shape index (κ3) is 2.91. The van der Waals surface area contributed by atoms with Crippen molar-refractivity contribution in [3.63, 3.8) is 0 Å². The van der Waals surface area contributed by atoms with Gasteiger partial charge in [-0.3, -0.25) is 4.79 Å². The lowest BCUT2D eigenvalue weighted by molar-refractivity contribution is -0.0251. The summed E-state index contributed by atoms with van der Waals surface area (Å²) in [6.45, 7) is 2.22. The van der Waals surface area contributed by atoms with Gasteiger partial charge < -0.3 is 19.9 Å². The molecular weight excluding hydrogens is 265 g/mol. The number of carbonyl (C=O) groups excluding carboxylic acids is 1. The normalized spacial score (nSPS) is 25.5. The Morgan fingerprint density at radius 1 is 1.65 bits per heavy atom. The summed E-state index contributed by atoms with van der Waals surface area (Å²) in [4.78, 5) is 11.9. The summed E-state index contributed by atoms with van der Waals surface area (Å²) in [7, 11) is 1.42. The number of methoxy groups -OCH3 is 1. The van der Waals surface area contributed by atoms with E-state index in [1.165, 1.54) is 19.2 Å². The van der Waals surface area contributed by atoms with Gasteiger partial charge in [0.05, 0.1) is 18.8 Å². The van der Waals surface area contributed by atoms with Crippen molar-refractivity contribution in [3.05, 3.63) is 29.6 Å². The summed E-state index contributed by atoms with van der Waals surface area (Å²) >= 11 is 0. The van der Waals surface area contributed by atoms with Gasteiger partial charge in [-0.1, -0.05) is 0 Å². The van der Waals surface area contributed by atoms with Crippen molar-refractivity contribution in [1.29, 1.82) is 0 Å². The minimum absolute atomic E-state index is 0.0263. The Bertz CT molecular complexity index is 508. The fourth-order valence-electron chi connectivity index (χ4n) is 2.14. The molecule has 1 fully saturated rings. The van der Waals surface area contributed by atoms with E-state index in [-0.39, 0.29) is 18.2 Å². The highest BCUT2D eigenvalue weighted by Crippen LogP contribution is 2.25. The maximum Gasteiger partial charge on any atom is 0.254 e. The summed E-state index contributed by atoms with van der Waals surface area (Å²) in [5.74, 6) is -0.891. The van der Waals surface area contributed by atoms with Gasteiger partial charge >= 0.3 is 0 Å². The van der Waals surface area contributed by atoms with Crippen LogP contribution >= 0.6 is 0 Å². The minimum Gasteiger partial charge on any atom is -0.497 e. The first kappa shape index (κ1) is 14.7. The van der Waals surface area contributed by atoms with Gasteiger partial charge in [0, 0.05) is 25.6 Å². The van der Waals surface area contributed by atoms with Crippen molar-refractivity contribution in [2.24, 2.45) is 0 Å². The van der Waals surface area contributed by atoms with Crippen LogP contribution in [0.1, 0.15) is 23.7 Å². The van der Waals surface area contributed by atoms with Crippen LogP contribution in [0.3, 0.4) is 0 Å². The van der Waals surface area contributed by atoms with Crippen molar-refractivity contribution in [3.8, 4) is 5.75 Å². The molecule has 1 aromatic carbocycles. The molecule has 110 valence electrons. The third-order valence-electron chi connectivity index (χ3n) is 3.64. The maximum atomic E-state index is 13.7. The van der Waals surface area contributed by atoms with Crippen LogP contribution in [0.15, 0.2) is 18.2 Å². The number of amides is 1. The molecule has 1 amide bonds. The van der Waals surface area contributed by atoms with Crippen LogP contribution in [0, 0.1) is 5.82 Å². The molecule has 1 saturated heterocycles. The van der Waals surface area contributed by atoms with Crippen LogP contribution in [0.25, 0.3) is 0 Å². The second kappa shape index (κ2) is 5.76. The average molecular weight is 283 g/mol. The number of benzene rings is 1.